The van der Waals surface area contributed by atoms with Crippen LogP contribution in [0.1, 0.15) is 18.4 Å². The number of hydrogen-bond donors (Lipinski definition) is 1. The first-order chi connectivity index (χ1) is 8.99. The van der Waals surface area contributed by atoms with Crippen molar-refractivity contribution in [2.75, 3.05) is 13.6 Å². The van der Waals surface area contributed by atoms with Crippen molar-refractivity contribution in [3.05, 3.63) is 33.8 Å². The molecule has 0 saturated carbocycles. The van der Waals surface area contributed by atoms with Crippen LogP contribution in [-0.4, -0.2) is 30.4 Å². The molecule has 1 aliphatic heterocycles. The molecule has 2 rings (SSSR count). The highest BCUT2D eigenvalue weighted by Gasteiger charge is 2.23. The van der Waals surface area contributed by atoms with Gasteiger partial charge in [-0.3, -0.25) is 4.79 Å². The van der Waals surface area contributed by atoms with E-state index in [1.807, 2.05) is 0 Å². The Morgan fingerprint density at radius 2 is 2.21 bits per heavy atom. The first kappa shape index (κ1) is 14.4. The molecule has 1 fully saturated rings. The van der Waals surface area contributed by atoms with E-state index >= 15 is 0 Å². The lowest BCUT2D eigenvalue weighted by molar-refractivity contribution is -0.132. The van der Waals surface area contributed by atoms with Gasteiger partial charge in [0, 0.05) is 38.2 Å². The molecule has 0 aliphatic carbocycles. The van der Waals surface area contributed by atoms with Crippen molar-refractivity contribution >= 4 is 21.8 Å². The van der Waals surface area contributed by atoms with Crippen LogP contribution in [0, 0.1) is 11.6 Å². The van der Waals surface area contributed by atoms with Crippen LogP contribution in [0.15, 0.2) is 16.6 Å². The molecule has 0 bridgehead atoms. The fourth-order valence-electron chi connectivity index (χ4n) is 2.16. The predicted molar refractivity (Wildman–Crippen MR) is 71.6 cm³/mol. The topological polar surface area (TPSA) is 32.3 Å². The number of hydrogen-bond acceptors (Lipinski definition) is 2. The number of benzene rings is 1. The molecule has 1 atom stereocenters. The summed E-state index contributed by atoms with van der Waals surface area (Å²) in [5.74, 6) is -1.03. The van der Waals surface area contributed by atoms with Gasteiger partial charge < -0.3 is 10.2 Å². The average molecular weight is 333 g/mol. The van der Waals surface area contributed by atoms with E-state index in [1.165, 1.54) is 12.1 Å². The summed E-state index contributed by atoms with van der Waals surface area (Å²) in [6.45, 7) is 0.680. The van der Waals surface area contributed by atoms with Crippen molar-refractivity contribution < 1.29 is 13.6 Å². The molecule has 1 aromatic rings. The van der Waals surface area contributed by atoms with Gasteiger partial charge in [0.1, 0.15) is 11.6 Å². The van der Waals surface area contributed by atoms with E-state index in [2.05, 4.69) is 21.2 Å². The van der Waals surface area contributed by atoms with E-state index in [0.717, 1.165) is 0 Å². The Hall–Kier alpha value is -1.01. The predicted octanol–water partition coefficient (Wildman–Crippen LogP) is 2.44. The van der Waals surface area contributed by atoms with Gasteiger partial charge in [-0.1, -0.05) is 0 Å². The molecule has 3 nitrogen and oxygen atoms in total. The first-order valence-corrected chi connectivity index (χ1v) is 6.88. The summed E-state index contributed by atoms with van der Waals surface area (Å²) < 4.78 is 27.6. The number of likely N-dealkylation sites (N-methyl/N-ethyl adjacent to an activating group) is 1. The van der Waals surface area contributed by atoms with Gasteiger partial charge in [-0.25, -0.2) is 8.78 Å². The molecular weight excluding hydrogens is 318 g/mol. The van der Waals surface area contributed by atoms with Gasteiger partial charge in [-0.15, -0.1) is 0 Å². The summed E-state index contributed by atoms with van der Waals surface area (Å²) in [5.41, 5.74) is 0.0222. The Bertz CT molecular complexity index is 496. The minimum atomic E-state index is -0.576. The average Bonchev–Trinajstić information content (AvgIpc) is 2.38. The molecule has 1 aromatic carbocycles. The number of rotatable bonds is 3. The highest BCUT2D eigenvalue weighted by atomic mass is 79.9. The van der Waals surface area contributed by atoms with Crippen molar-refractivity contribution in [3.63, 3.8) is 0 Å². The van der Waals surface area contributed by atoms with Gasteiger partial charge >= 0.3 is 0 Å². The molecule has 1 saturated heterocycles. The highest BCUT2D eigenvalue weighted by molar-refractivity contribution is 9.10. The summed E-state index contributed by atoms with van der Waals surface area (Å²) in [6, 6.07) is 2.66. The quantitative estimate of drug-likeness (QED) is 0.862. The summed E-state index contributed by atoms with van der Waals surface area (Å²) in [7, 11) is 1.73. The van der Waals surface area contributed by atoms with Gasteiger partial charge in [-0.05, 0) is 34.5 Å². The second-order valence-corrected chi connectivity index (χ2v) is 5.57. The minimum absolute atomic E-state index is 0.0222. The van der Waals surface area contributed by atoms with Crippen LogP contribution < -0.4 is 5.32 Å². The number of carbonyl (C=O) groups is 1. The Morgan fingerprint density at radius 1 is 1.47 bits per heavy atom. The van der Waals surface area contributed by atoms with Gasteiger partial charge in [0.05, 0.1) is 4.47 Å². The molecule has 1 N–H and O–H groups in total. The zero-order valence-electron chi connectivity index (χ0n) is 10.5. The Morgan fingerprint density at radius 3 is 2.89 bits per heavy atom. The van der Waals surface area contributed by atoms with Crippen LogP contribution in [-0.2, 0) is 11.3 Å². The monoisotopic (exact) mass is 332 g/mol. The molecule has 6 heteroatoms. The van der Waals surface area contributed by atoms with Gasteiger partial charge in [0.2, 0.25) is 5.91 Å². The smallest absolute Gasteiger partial charge is 0.222 e. The van der Waals surface area contributed by atoms with Crippen LogP contribution in [0.25, 0.3) is 0 Å². The van der Waals surface area contributed by atoms with Crippen LogP contribution in [0.5, 0.6) is 0 Å². The van der Waals surface area contributed by atoms with Crippen molar-refractivity contribution in [1.29, 1.82) is 0 Å². The fraction of sp³-hybridized carbons (Fsp3) is 0.462. The van der Waals surface area contributed by atoms with Gasteiger partial charge in [0.25, 0.3) is 0 Å². The molecule has 1 heterocycles. The molecule has 0 spiro atoms. The zero-order chi connectivity index (χ0) is 14.0. The lowest BCUT2D eigenvalue weighted by Gasteiger charge is -2.30. The molecular formula is C13H15BrF2N2O. The highest BCUT2D eigenvalue weighted by Crippen LogP contribution is 2.22. The number of piperidine rings is 1. The molecule has 1 unspecified atom stereocenters. The molecule has 0 radical (unpaired) electrons. The third-order valence-electron chi connectivity index (χ3n) is 3.33. The number of nitrogens with one attached hydrogen (secondary N) is 1. The van der Waals surface area contributed by atoms with Crippen LogP contribution in [0.3, 0.4) is 0 Å². The van der Waals surface area contributed by atoms with Crippen LogP contribution in [0.4, 0.5) is 8.78 Å². The Balaban J connectivity index is 2.00. The lowest BCUT2D eigenvalue weighted by atomic mass is 10.1. The van der Waals surface area contributed by atoms with Crippen LogP contribution in [0.2, 0.25) is 0 Å². The molecule has 1 amide bonds. The second-order valence-electron chi connectivity index (χ2n) is 4.71. The number of halogens is 3. The maximum Gasteiger partial charge on any atom is 0.222 e. The van der Waals surface area contributed by atoms with E-state index in [0.29, 0.717) is 19.4 Å². The Kier molecular flexibility index (Phi) is 4.52. The second kappa shape index (κ2) is 5.96. The van der Waals surface area contributed by atoms with E-state index in [9.17, 15) is 13.6 Å². The molecule has 104 valence electrons. The molecule has 1 aliphatic rings. The van der Waals surface area contributed by atoms with Gasteiger partial charge in [0.15, 0.2) is 0 Å². The largest absolute Gasteiger partial charge is 0.344 e. The molecule has 0 aromatic heterocycles. The van der Waals surface area contributed by atoms with Crippen molar-refractivity contribution in [2.45, 2.75) is 25.4 Å². The minimum Gasteiger partial charge on any atom is -0.344 e. The van der Waals surface area contributed by atoms with Crippen LogP contribution >= 0.6 is 15.9 Å². The number of carbonyl (C=O) groups excluding carboxylic acids is 1. The lowest BCUT2D eigenvalue weighted by Crippen LogP contribution is -2.46. The normalized spacial score (nSPS) is 19.9. The van der Waals surface area contributed by atoms with E-state index in [4.69, 9.17) is 0 Å². The maximum atomic E-state index is 13.8. The number of likely N-dealkylation sites (tertiary alicyclic amines) is 1. The van der Waals surface area contributed by atoms with Gasteiger partial charge in [-0.2, -0.15) is 0 Å². The molecule has 19 heavy (non-hydrogen) atoms. The fourth-order valence-corrected chi connectivity index (χ4v) is 2.53. The third-order valence-corrected chi connectivity index (χ3v) is 3.95. The SMILES string of the molecule is CN1CC(NCc2c(F)ccc(Br)c2F)CCC1=O. The van der Waals surface area contributed by atoms with Crippen molar-refractivity contribution in [2.24, 2.45) is 0 Å². The number of nitrogens with zero attached hydrogens (tertiary/aromatic N) is 1. The summed E-state index contributed by atoms with van der Waals surface area (Å²) >= 11 is 3.04. The Labute approximate surface area is 119 Å². The van der Waals surface area contributed by atoms with E-state index in [1.54, 1.807) is 11.9 Å². The zero-order valence-corrected chi connectivity index (χ0v) is 12.1. The summed E-state index contributed by atoms with van der Waals surface area (Å²) in [5, 5.41) is 3.10. The van der Waals surface area contributed by atoms with Crippen molar-refractivity contribution in [3.8, 4) is 0 Å². The first-order valence-electron chi connectivity index (χ1n) is 6.08. The van der Waals surface area contributed by atoms with E-state index in [-0.39, 0.29) is 28.5 Å². The number of amides is 1. The standard InChI is InChI=1S/C13H15BrF2N2O/c1-18-7-8(2-5-12(18)19)17-6-9-11(15)4-3-10(14)13(9)16/h3-4,8,17H,2,5-7H2,1H3. The summed E-state index contributed by atoms with van der Waals surface area (Å²) in [4.78, 5) is 13.0. The third kappa shape index (κ3) is 3.30. The van der Waals surface area contributed by atoms with E-state index < -0.39 is 11.6 Å². The van der Waals surface area contributed by atoms with Crippen molar-refractivity contribution in [1.82, 2.24) is 10.2 Å². The maximum absolute atomic E-state index is 13.8. The summed E-state index contributed by atoms with van der Waals surface area (Å²) in [6.07, 6.45) is 1.16.